The Morgan fingerprint density at radius 3 is 2.52 bits per heavy atom. The Kier molecular flexibility index (Phi) is 6.70. The van der Waals surface area contributed by atoms with Crippen LogP contribution in [0.15, 0.2) is 51.2 Å². The van der Waals surface area contributed by atoms with Crippen LogP contribution in [-0.2, 0) is 9.53 Å². The summed E-state index contributed by atoms with van der Waals surface area (Å²) in [4.78, 5) is 28.7. The number of aliphatic hydroxyl groups excluding tert-OH is 1. The maximum Gasteiger partial charge on any atom is 0.334 e. The van der Waals surface area contributed by atoms with E-state index >= 15 is 0 Å². The third kappa shape index (κ3) is 4.72. The van der Waals surface area contributed by atoms with Crippen molar-refractivity contribution >= 4 is 34.7 Å². The zero-order chi connectivity index (χ0) is 20.1. The highest BCUT2D eigenvalue weighted by atomic mass is 32.2. The molecule has 2 aromatic rings. The number of nitrogens with zero attached hydrogens (tertiary/aromatic N) is 2. The lowest BCUT2D eigenvalue weighted by atomic mass is 10.2. The molecule has 1 aliphatic heterocycles. The van der Waals surface area contributed by atoms with Crippen molar-refractivity contribution < 1.29 is 19.6 Å². The van der Waals surface area contributed by atoms with E-state index < -0.39 is 4.92 Å². The highest BCUT2D eigenvalue weighted by molar-refractivity contribution is 7.99. The normalized spacial score (nSPS) is 12.7. The number of rotatable bonds is 3. The van der Waals surface area contributed by atoms with Gasteiger partial charge in [0.15, 0.2) is 0 Å². The van der Waals surface area contributed by atoms with E-state index in [1.165, 1.54) is 23.9 Å². The van der Waals surface area contributed by atoms with Crippen LogP contribution in [0.5, 0.6) is 0 Å². The van der Waals surface area contributed by atoms with Crippen LogP contribution in [0.4, 0.5) is 11.4 Å². The quantitative estimate of drug-likeness (QED) is 0.420. The van der Waals surface area contributed by atoms with Crippen molar-refractivity contribution in [1.82, 2.24) is 0 Å². The molecule has 0 fully saturated rings. The van der Waals surface area contributed by atoms with E-state index in [0.29, 0.717) is 11.3 Å². The molecule has 1 N–H and O–H groups in total. The van der Waals surface area contributed by atoms with Gasteiger partial charge in [-0.05, 0) is 44.2 Å². The van der Waals surface area contributed by atoms with E-state index in [1.807, 2.05) is 18.2 Å². The number of non-ortho nitro benzene ring substituents is 1. The van der Waals surface area contributed by atoms with Crippen molar-refractivity contribution in [3.05, 3.63) is 57.1 Å². The van der Waals surface area contributed by atoms with Crippen molar-refractivity contribution in [2.45, 2.75) is 36.7 Å². The van der Waals surface area contributed by atoms with Crippen molar-refractivity contribution in [3.63, 3.8) is 0 Å². The third-order valence-corrected chi connectivity index (χ3v) is 4.75. The minimum absolute atomic E-state index is 0.0318. The van der Waals surface area contributed by atoms with Crippen LogP contribution in [-0.4, -0.2) is 29.2 Å². The molecular weight excluding hydrogens is 368 g/mol. The summed E-state index contributed by atoms with van der Waals surface area (Å²) in [7, 11) is 1.00. The molecule has 0 unspecified atom stereocenters. The number of hydrogen-bond donors (Lipinski definition) is 1. The molecule has 0 saturated heterocycles. The predicted octanol–water partition coefficient (Wildman–Crippen LogP) is 2.74. The first-order valence-corrected chi connectivity index (χ1v) is 8.98. The second-order valence-corrected chi connectivity index (χ2v) is 6.97. The Hall–Kier alpha value is -2.71. The molecule has 3 rings (SSSR count). The fraction of sp³-hybridized carbons (Fsp3) is 0.263. The van der Waals surface area contributed by atoms with Crippen molar-refractivity contribution in [3.8, 4) is 0 Å². The minimum Gasteiger partial charge on any atom is -0.460 e. The van der Waals surface area contributed by atoms with Gasteiger partial charge in [-0.2, -0.15) is 0 Å². The smallest absolute Gasteiger partial charge is 0.334 e. The summed E-state index contributed by atoms with van der Waals surface area (Å²) in [6.45, 7) is 5.32. The molecule has 0 atom stereocenters. The second kappa shape index (κ2) is 8.79. The van der Waals surface area contributed by atoms with Crippen molar-refractivity contribution in [2.24, 2.45) is 4.99 Å². The number of nitro benzene ring substituents is 1. The van der Waals surface area contributed by atoms with Crippen LogP contribution < -0.4 is 10.6 Å². The average Bonchev–Trinajstić information content (AvgIpc) is 2.65. The Morgan fingerprint density at radius 2 is 1.89 bits per heavy atom. The molecule has 142 valence electrons. The lowest BCUT2D eigenvalue weighted by molar-refractivity contribution is -0.385. The molecule has 8 heteroatoms. The van der Waals surface area contributed by atoms with Gasteiger partial charge in [0.05, 0.1) is 22.1 Å². The second-order valence-electron chi connectivity index (χ2n) is 5.88. The highest BCUT2D eigenvalue weighted by Crippen LogP contribution is 2.38. The van der Waals surface area contributed by atoms with Crippen LogP contribution >= 0.6 is 11.8 Å². The van der Waals surface area contributed by atoms with Gasteiger partial charge in [0.25, 0.3) is 5.69 Å². The van der Waals surface area contributed by atoms with Gasteiger partial charge in [-0.1, -0.05) is 17.8 Å². The van der Waals surface area contributed by atoms with E-state index in [4.69, 9.17) is 9.84 Å². The first-order valence-electron chi connectivity index (χ1n) is 8.17. The molecular formula is C19H20N2O5S. The molecule has 0 aromatic heterocycles. The summed E-state index contributed by atoms with van der Waals surface area (Å²) in [5, 5.41) is 19.5. The summed E-state index contributed by atoms with van der Waals surface area (Å²) in [5.41, 5.74) is 1.25. The van der Waals surface area contributed by atoms with E-state index in [1.54, 1.807) is 26.8 Å². The fourth-order valence-corrected chi connectivity index (χ4v) is 3.42. The standard InChI is InChI=1S/C18H16N2O4S.CH4O/c1-10(2)24-18(21)11(3)12-4-6-14-16(8-12)25-17-9-13(20(22)23)5-7-15(17)19-14;1-2/h4-10H,1-3H3;2H,1H3/b12-11+;. The lowest BCUT2D eigenvalue weighted by Crippen LogP contribution is -2.20. The molecule has 0 amide bonds. The van der Waals surface area contributed by atoms with Gasteiger partial charge in [-0.3, -0.25) is 10.1 Å². The van der Waals surface area contributed by atoms with E-state index in [2.05, 4.69) is 4.99 Å². The topological polar surface area (TPSA) is 102 Å². The number of ether oxygens (including phenoxy) is 1. The number of aliphatic hydroxyl groups is 1. The van der Waals surface area contributed by atoms with Gasteiger partial charge < -0.3 is 9.84 Å². The largest absolute Gasteiger partial charge is 0.460 e. The average molecular weight is 388 g/mol. The fourth-order valence-electron chi connectivity index (χ4n) is 2.38. The van der Waals surface area contributed by atoms with Crippen LogP contribution in [0.1, 0.15) is 20.8 Å². The van der Waals surface area contributed by atoms with Crippen molar-refractivity contribution in [1.29, 1.82) is 0 Å². The number of nitro groups is 1. The summed E-state index contributed by atoms with van der Waals surface area (Å²) < 4.78 is 5.23. The monoisotopic (exact) mass is 388 g/mol. The maximum atomic E-state index is 12.1. The predicted molar refractivity (Wildman–Crippen MR) is 103 cm³/mol. The summed E-state index contributed by atoms with van der Waals surface area (Å²) in [6, 6.07) is 10.1. The number of esters is 1. The zero-order valence-corrected chi connectivity index (χ0v) is 16.2. The third-order valence-electron chi connectivity index (χ3n) is 3.66. The Balaban J connectivity index is 0.00000126. The van der Waals surface area contributed by atoms with E-state index in [-0.39, 0.29) is 17.8 Å². The van der Waals surface area contributed by atoms with Gasteiger partial charge in [-0.25, -0.2) is 9.79 Å². The number of benzene rings is 2. The molecule has 2 aromatic carbocycles. The Morgan fingerprint density at radius 1 is 1.19 bits per heavy atom. The highest BCUT2D eigenvalue weighted by Gasteiger charge is 2.17. The molecule has 27 heavy (non-hydrogen) atoms. The molecule has 1 heterocycles. The molecule has 0 bridgehead atoms. The summed E-state index contributed by atoms with van der Waals surface area (Å²) >= 11 is 1.41. The Labute approximate surface area is 160 Å². The van der Waals surface area contributed by atoms with Gasteiger partial charge in [0.1, 0.15) is 0 Å². The summed E-state index contributed by atoms with van der Waals surface area (Å²) in [6.07, 6.45) is -0.183. The van der Waals surface area contributed by atoms with Gasteiger partial charge in [0, 0.05) is 34.6 Å². The van der Waals surface area contributed by atoms with E-state index in [0.717, 1.165) is 27.5 Å². The first-order chi connectivity index (χ1) is 12.8. The van der Waals surface area contributed by atoms with Crippen molar-refractivity contribution in [2.75, 3.05) is 7.11 Å². The van der Waals surface area contributed by atoms with Gasteiger partial charge in [-0.15, -0.1) is 0 Å². The van der Waals surface area contributed by atoms with Crippen LogP contribution in [0.3, 0.4) is 0 Å². The Bertz CT molecular complexity index is 1000. The molecule has 7 nitrogen and oxygen atoms in total. The molecule has 0 saturated carbocycles. The molecule has 0 radical (unpaired) electrons. The van der Waals surface area contributed by atoms with E-state index in [9.17, 15) is 14.9 Å². The molecule has 0 spiro atoms. The number of hydrogen-bond acceptors (Lipinski definition) is 7. The van der Waals surface area contributed by atoms with Gasteiger partial charge in [0.2, 0.25) is 0 Å². The molecule has 1 aliphatic rings. The SMILES string of the molecule is C/C(C(=O)OC(C)C)=c1/ccc2c(c1)Sc1cc([N+](=O)[O-])ccc1N=2.CO. The lowest BCUT2D eigenvalue weighted by Gasteiger charge is -2.12. The number of fused-ring (bicyclic) bond motifs is 2. The van der Waals surface area contributed by atoms with Crippen LogP contribution in [0.25, 0.3) is 5.57 Å². The maximum absolute atomic E-state index is 12.1. The summed E-state index contributed by atoms with van der Waals surface area (Å²) in [5.74, 6) is -0.358. The molecule has 0 aliphatic carbocycles. The number of carbonyl (C=O) groups is 1. The first kappa shape index (κ1) is 20.6. The van der Waals surface area contributed by atoms with Crippen LogP contribution in [0.2, 0.25) is 0 Å². The van der Waals surface area contributed by atoms with Crippen LogP contribution in [0, 0.1) is 10.1 Å². The number of carbonyl (C=O) groups excluding carboxylic acids is 1. The van der Waals surface area contributed by atoms with Gasteiger partial charge >= 0.3 is 5.97 Å². The minimum atomic E-state index is -0.424. The zero-order valence-electron chi connectivity index (χ0n) is 15.4.